The molecule has 0 bridgehead atoms. The second-order valence-electron chi connectivity index (χ2n) is 6.59. The second kappa shape index (κ2) is 7.90. The number of aromatic nitrogens is 2. The lowest BCUT2D eigenvalue weighted by Crippen LogP contribution is -2.17. The lowest BCUT2D eigenvalue weighted by atomic mass is 10.1. The van der Waals surface area contributed by atoms with Crippen molar-refractivity contribution in [2.75, 3.05) is 10.6 Å². The van der Waals surface area contributed by atoms with E-state index in [0.29, 0.717) is 22.5 Å². The van der Waals surface area contributed by atoms with E-state index in [2.05, 4.69) is 20.6 Å². The zero-order valence-electron chi connectivity index (χ0n) is 15.7. The summed E-state index contributed by atoms with van der Waals surface area (Å²) in [6.45, 7) is 1.95. The second-order valence-corrected chi connectivity index (χ2v) is 6.59. The summed E-state index contributed by atoms with van der Waals surface area (Å²) in [5.41, 5.74) is 3.52. The SMILES string of the molecule is Cc1cccc(NC(=O)c2cc(C(=O)Nc3cccc4cccnc34)ccn2)c1. The van der Waals surface area contributed by atoms with Crippen LogP contribution in [0.5, 0.6) is 0 Å². The molecule has 0 aliphatic carbocycles. The number of nitrogens with one attached hydrogen (secondary N) is 2. The van der Waals surface area contributed by atoms with E-state index in [1.54, 1.807) is 24.4 Å². The van der Waals surface area contributed by atoms with Crippen molar-refractivity contribution in [1.29, 1.82) is 0 Å². The smallest absolute Gasteiger partial charge is 0.274 e. The number of fused-ring (bicyclic) bond motifs is 1. The van der Waals surface area contributed by atoms with Crippen molar-refractivity contribution < 1.29 is 9.59 Å². The van der Waals surface area contributed by atoms with Gasteiger partial charge in [-0.15, -0.1) is 0 Å². The highest BCUT2D eigenvalue weighted by Crippen LogP contribution is 2.21. The van der Waals surface area contributed by atoms with Crippen LogP contribution in [0.25, 0.3) is 10.9 Å². The Hall–Kier alpha value is -4.06. The van der Waals surface area contributed by atoms with Crippen LogP contribution >= 0.6 is 0 Å². The first kappa shape index (κ1) is 18.3. The summed E-state index contributed by atoms with van der Waals surface area (Å²) >= 11 is 0. The molecule has 142 valence electrons. The Balaban J connectivity index is 1.55. The minimum atomic E-state index is -0.378. The van der Waals surface area contributed by atoms with E-state index in [-0.39, 0.29) is 17.5 Å². The van der Waals surface area contributed by atoms with Gasteiger partial charge in [-0.3, -0.25) is 19.6 Å². The van der Waals surface area contributed by atoms with Crippen LogP contribution in [0.1, 0.15) is 26.4 Å². The van der Waals surface area contributed by atoms with Gasteiger partial charge in [-0.1, -0.05) is 30.3 Å². The van der Waals surface area contributed by atoms with Gasteiger partial charge in [0.2, 0.25) is 0 Å². The quantitative estimate of drug-likeness (QED) is 0.546. The van der Waals surface area contributed by atoms with Gasteiger partial charge in [-0.25, -0.2) is 0 Å². The van der Waals surface area contributed by atoms with Crippen molar-refractivity contribution in [3.8, 4) is 0 Å². The Morgan fingerprint density at radius 2 is 1.62 bits per heavy atom. The van der Waals surface area contributed by atoms with Crippen LogP contribution in [0.15, 0.2) is 79.1 Å². The third-order valence-corrected chi connectivity index (χ3v) is 4.41. The number of pyridine rings is 2. The molecule has 4 aromatic rings. The summed E-state index contributed by atoms with van der Waals surface area (Å²) in [5.74, 6) is -0.716. The van der Waals surface area contributed by atoms with Gasteiger partial charge in [0.05, 0.1) is 11.2 Å². The summed E-state index contributed by atoms with van der Waals surface area (Å²) in [5, 5.41) is 6.59. The first-order chi connectivity index (χ1) is 14.1. The van der Waals surface area contributed by atoms with Crippen molar-refractivity contribution in [1.82, 2.24) is 9.97 Å². The maximum atomic E-state index is 12.7. The van der Waals surface area contributed by atoms with Crippen molar-refractivity contribution in [2.45, 2.75) is 6.92 Å². The molecule has 2 aromatic carbocycles. The zero-order chi connectivity index (χ0) is 20.2. The van der Waals surface area contributed by atoms with Gasteiger partial charge in [0.25, 0.3) is 11.8 Å². The normalized spacial score (nSPS) is 10.5. The van der Waals surface area contributed by atoms with Gasteiger partial charge in [0.15, 0.2) is 0 Å². The van der Waals surface area contributed by atoms with Crippen LogP contribution < -0.4 is 10.6 Å². The molecule has 2 heterocycles. The summed E-state index contributed by atoms with van der Waals surface area (Å²) in [4.78, 5) is 33.7. The number of benzene rings is 2. The number of carbonyl (C=O) groups excluding carboxylic acids is 2. The van der Waals surface area contributed by atoms with Crippen LogP contribution in [0, 0.1) is 6.92 Å². The Kier molecular flexibility index (Phi) is 4.99. The third-order valence-electron chi connectivity index (χ3n) is 4.41. The fourth-order valence-electron chi connectivity index (χ4n) is 3.01. The molecule has 0 radical (unpaired) electrons. The van der Waals surface area contributed by atoms with Crippen LogP contribution in [0.2, 0.25) is 0 Å². The first-order valence-corrected chi connectivity index (χ1v) is 9.09. The van der Waals surface area contributed by atoms with Crippen molar-refractivity contribution in [3.05, 3.63) is 95.9 Å². The number of amides is 2. The summed E-state index contributed by atoms with van der Waals surface area (Å²) < 4.78 is 0. The number of aryl methyl sites for hydroxylation is 1. The van der Waals surface area contributed by atoms with E-state index in [1.165, 1.54) is 12.3 Å². The molecule has 2 N–H and O–H groups in total. The summed E-state index contributed by atoms with van der Waals surface area (Å²) in [6.07, 6.45) is 3.12. The number of hydrogen-bond donors (Lipinski definition) is 2. The molecule has 0 spiro atoms. The lowest BCUT2D eigenvalue weighted by molar-refractivity contribution is 0.102. The van der Waals surface area contributed by atoms with E-state index in [9.17, 15) is 9.59 Å². The molecular weight excluding hydrogens is 364 g/mol. The average molecular weight is 382 g/mol. The van der Waals surface area contributed by atoms with Gasteiger partial charge in [0.1, 0.15) is 5.69 Å². The predicted octanol–water partition coefficient (Wildman–Crippen LogP) is 4.44. The molecule has 6 nitrogen and oxygen atoms in total. The number of rotatable bonds is 4. The number of anilines is 2. The summed E-state index contributed by atoms with van der Waals surface area (Å²) in [7, 11) is 0. The molecule has 29 heavy (non-hydrogen) atoms. The molecule has 0 unspecified atom stereocenters. The van der Waals surface area contributed by atoms with Gasteiger partial charge in [-0.2, -0.15) is 0 Å². The van der Waals surface area contributed by atoms with Crippen molar-refractivity contribution in [2.24, 2.45) is 0 Å². The van der Waals surface area contributed by atoms with Gasteiger partial charge >= 0.3 is 0 Å². The minimum absolute atomic E-state index is 0.162. The molecule has 2 aromatic heterocycles. The number of para-hydroxylation sites is 1. The van der Waals surface area contributed by atoms with E-state index in [0.717, 1.165) is 10.9 Å². The molecule has 0 saturated heterocycles. The maximum Gasteiger partial charge on any atom is 0.274 e. The first-order valence-electron chi connectivity index (χ1n) is 9.09. The highest BCUT2D eigenvalue weighted by molar-refractivity contribution is 6.10. The predicted molar refractivity (Wildman–Crippen MR) is 113 cm³/mol. The Morgan fingerprint density at radius 3 is 2.48 bits per heavy atom. The molecule has 0 fully saturated rings. The van der Waals surface area contributed by atoms with Gasteiger partial charge in [-0.05, 0) is 48.9 Å². The molecule has 0 aliphatic heterocycles. The van der Waals surface area contributed by atoms with Crippen LogP contribution in [0.4, 0.5) is 11.4 Å². The minimum Gasteiger partial charge on any atom is -0.321 e. The highest BCUT2D eigenvalue weighted by atomic mass is 16.2. The van der Waals surface area contributed by atoms with Crippen LogP contribution in [0.3, 0.4) is 0 Å². The molecule has 4 rings (SSSR count). The highest BCUT2D eigenvalue weighted by Gasteiger charge is 2.13. The number of hydrogen-bond acceptors (Lipinski definition) is 4. The number of nitrogens with zero attached hydrogens (tertiary/aromatic N) is 2. The molecule has 2 amide bonds. The Labute approximate surface area is 167 Å². The standard InChI is InChI=1S/C23H18N4O2/c1-15-5-2-8-18(13-15)26-23(29)20-14-17(10-12-24-20)22(28)27-19-9-3-6-16-7-4-11-25-21(16)19/h2-14H,1H3,(H,26,29)(H,27,28). The molecule has 0 saturated carbocycles. The summed E-state index contributed by atoms with van der Waals surface area (Å²) in [6, 6.07) is 19.9. The average Bonchev–Trinajstić information content (AvgIpc) is 2.74. The van der Waals surface area contributed by atoms with Crippen LogP contribution in [-0.4, -0.2) is 21.8 Å². The zero-order valence-corrected chi connectivity index (χ0v) is 15.7. The maximum absolute atomic E-state index is 12.7. The molecule has 0 atom stereocenters. The fraction of sp³-hybridized carbons (Fsp3) is 0.0435. The largest absolute Gasteiger partial charge is 0.321 e. The molecule has 6 heteroatoms. The van der Waals surface area contributed by atoms with Gasteiger partial charge < -0.3 is 10.6 Å². The fourth-order valence-corrected chi connectivity index (χ4v) is 3.01. The Bertz CT molecular complexity index is 1210. The van der Waals surface area contributed by atoms with E-state index < -0.39 is 0 Å². The van der Waals surface area contributed by atoms with Crippen molar-refractivity contribution >= 4 is 34.1 Å². The topological polar surface area (TPSA) is 84.0 Å². The third kappa shape index (κ3) is 4.11. The molecule has 0 aliphatic rings. The lowest BCUT2D eigenvalue weighted by Gasteiger charge is -2.09. The Morgan fingerprint density at radius 1 is 0.793 bits per heavy atom. The monoisotopic (exact) mass is 382 g/mol. The van der Waals surface area contributed by atoms with Gasteiger partial charge in [0, 0.05) is 29.0 Å². The van der Waals surface area contributed by atoms with Crippen molar-refractivity contribution in [3.63, 3.8) is 0 Å². The van der Waals surface area contributed by atoms with Crippen LogP contribution in [-0.2, 0) is 0 Å². The molecular formula is C23H18N4O2. The number of carbonyl (C=O) groups is 2. The van der Waals surface area contributed by atoms with E-state index in [1.807, 2.05) is 49.4 Å². The van der Waals surface area contributed by atoms with E-state index >= 15 is 0 Å². The van der Waals surface area contributed by atoms with E-state index in [4.69, 9.17) is 0 Å².